The lowest BCUT2D eigenvalue weighted by molar-refractivity contribution is 0.477. The molecule has 0 unspecified atom stereocenters. The first-order valence-corrected chi connectivity index (χ1v) is 9.05. The Balaban J connectivity index is 1.63. The summed E-state index contributed by atoms with van der Waals surface area (Å²) in [5, 5.41) is 10.1. The largest absolute Gasteiger partial charge is 0.351 e. The fraction of sp³-hybridized carbons (Fsp3) is 0.294. The van der Waals surface area contributed by atoms with Gasteiger partial charge in [-0.3, -0.25) is 0 Å². The molecule has 7 nitrogen and oxygen atoms in total. The van der Waals surface area contributed by atoms with Gasteiger partial charge in [0.25, 0.3) is 0 Å². The average molecular weight is 400 g/mol. The molecule has 1 fully saturated rings. The zero-order chi connectivity index (χ0) is 17.1. The van der Waals surface area contributed by atoms with Gasteiger partial charge < -0.3 is 16.0 Å². The first-order chi connectivity index (χ1) is 12.3. The van der Waals surface area contributed by atoms with E-state index in [9.17, 15) is 0 Å². The second kappa shape index (κ2) is 7.28. The van der Waals surface area contributed by atoms with Crippen molar-refractivity contribution in [2.24, 2.45) is 0 Å². The number of anilines is 3. The number of nitrogens with one attached hydrogen (secondary N) is 3. The van der Waals surface area contributed by atoms with E-state index in [-0.39, 0.29) is 0 Å². The van der Waals surface area contributed by atoms with Gasteiger partial charge in [-0.1, -0.05) is 22.0 Å². The van der Waals surface area contributed by atoms with Crippen molar-refractivity contribution in [2.75, 3.05) is 23.7 Å². The van der Waals surface area contributed by atoms with Crippen LogP contribution in [0.1, 0.15) is 12.8 Å². The highest BCUT2D eigenvalue weighted by atomic mass is 79.9. The second-order valence-corrected chi connectivity index (χ2v) is 6.87. The molecule has 8 heteroatoms. The maximum absolute atomic E-state index is 4.65. The lowest BCUT2D eigenvalue weighted by atomic mass is 10.1. The second-order valence-electron chi connectivity index (χ2n) is 5.95. The van der Waals surface area contributed by atoms with Gasteiger partial charge in [0.15, 0.2) is 5.82 Å². The Morgan fingerprint density at radius 2 is 2.00 bits per heavy atom. The van der Waals surface area contributed by atoms with Crippen molar-refractivity contribution < 1.29 is 0 Å². The Kier molecular flexibility index (Phi) is 4.71. The molecule has 128 valence electrons. The monoisotopic (exact) mass is 399 g/mol. The van der Waals surface area contributed by atoms with Gasteiger partial charge in [0.05, 0.1) is 6.20 Å². The number of hydrogen-bond donors (Lipinski definition) is 3. The molecule has 1 aliphatic heterocycles. The normalized spacial score (nSPS) is 15.2. The van der Waals surface area contributed by atoms with Crippen LogP contribution in [0.15, 0.2) is 41.3 Å². The molecule has 0 saturated carbocycles. The van der Waals surface area contributed by atoms with Gasteiger partial charge >= 0.3 is 0 Å². The van der Waals surface area contributed by atoms with E-state index in [1.54, 1.807) is 6.20 Å². The van der Waals surface area contributed by atoms with Crippen LogP contribution in [0.25, 0.3) is 11.0 Å². The molecule has 4 rings (SSSR count). The molecule has 0 radical (unpaired) electrons. The van der Waals surface area contributed by atoms with Crippen molar-refractivity contribution in [2.45, 2.75) is 18.9 Å². The summed E-state index contributed by atoms with van der Waals surface area (Å²) in [6.45, 7) is 2.04. The lowest BCUT2D eigenvalue weighted by Gasteiger charge is -2.23. The van der Waals surface area contributed by atoms with E-state index in [2.05, 4.69) is 51.8 Å². The molecule has 1 aromatic carbocycles. The molecular weight excluding hydrogens is 382 g/mol. The van der Waals surface area contributed by atoms with E-state index >= 15 is 0 Å². The fourth-order valence-electron chi connectivity index (χ4n) is 2.87. The summed E-state index contributed by atoms with van der Waals surface area (Å²) >= 11 is 3.48. The molecule has 0 amide bonds. The predicted molar refractivity (Wildman–Crippen MR) is 102 cm³/mol. The fourth-order valence-corrected chi connectivity index (χ4v) is 3.27. The van der Waals surface area contributed by atoms with Crippen LogP contribution in [0.2, 0.25) is 0 Å². The Hall–Kier alpha value is -2.32. The topological polar surface area (TPSA) is 87.7 Å². The van der Waals surface area contributed by atoms with Gasteiger partial charge in [0, 0.05) is 16.2 Å². The Morgan fingerprint density at radius 1 is 1.12 bits per heavy atom. The first kappa shape index (κ1) is 16.2. The van der Waals surface area contributed by atoms with Crippen molar-refractivity contribution in [1.82, 2.24) is 25.3 Å². The standard InChI is InChI=1S/C17H18BrN7/c18-11-2-1-3-13(8-11)23-16-15-14(21-10-22-16)9-20-17(25-15)24-12-4-6-19-7-5-12/h1-3,8-10,12,19H,4-7H2,(H,20,24,25)(H,21,22,23). The summed E-state index contributed by atoms with van der Waals surface area (Å²) in [5.41, 5.74) is 2.35. The highest BCUT2D eigenvalue weighted by molar-refractivity contribution is 9.10. The van der Waals surface area contributed by atoms with Crippen molar-refractivity contribution in [3.8, 4) is 0 Å². The zero-order valence-corrected chi connectivity index (χ0v) is 15.1. The molecule has 0 bridgehead atoms. The molecule has 25 heavy (non-hydrogen) atoms. The number of aromatic nitrogens is 4. The maximum atomic E-state index is 4.65. The van der Waals surface area contributed by atoms with Crippen LogP contribution >= 0.6 is 15.9 Å². The molecule has 0 atom stereocenters. The third-order valence-corrected chi connectivity index (χ3v) is 4.63. The maximum Gasteiger partial charge on any atom is 0.223 e. The summed E-state index contributed by atoms with van der Waals surface area (Å²) in [4.78, 5) is 17.7. The predicted octanol–water partition coefficient (Wildman–Crippen LogP) is 3.09. The number of fused-ring (bicyclic) bond motifs is 1. The molecule has 3 N–H and O–H groups in total. The zero-order valence-electron chi connectivity index (χ0n) is 13.5. The summed E-state index contributed by atoms with van der Waals surface area (Å²) in [6, 6.07) is 8.31. The summed E-state index contributed by atoms with van der Waals surface area (Å²) in [5.74, 6) is 1.28. The molecule has 3 heterocycles. The van der Waals surface area contributed by atoms with E-state index in [4.69, 9.17) is 0 Å². The number of rotatable bonds is 4. The van der Waals surface area contributed by atoms with Crippen LogP contribution < -0.4 is 16.0 Å². The van der Waals surface area contributed by atoms with E-state index in [1.807, 2.05) is 24.3 Å². The molecule has 1 saturated heterocycles. The molecule has 0 spiro atoms. The summed E-state index contributed by atoms with van der Waals surface area (Å²) in [7, 11) is 0. The minimum atomic E-state index is 0.393. The van der Waals surface area contributed by atoms with Crippen LogP contribution in [-0.2, 0) is 0 Å². The van der Waals surface area contributed by atoms with Gasteiger partial charge in [-0.15, -0.1) is 0 Å². The number of hydrogen-bond acceptors (Lipinski definition) is 7. The molecular formula is C17H18BrN7. The van der Waals surface area contributed by atoms with Crippen LogP contribution in [0.3, 0.4) is 0 Å². The highest BCUT2D eigenvalue weighted by Crippen LogP contribution is 2.24. The quantitative estimate of drug-likeness (QED) is 0.620. The number of piperidine rings is 1. The van der Waals surface area contributed by atoms with Crippen molar-refractivity contribution in [3.63, 3.8) is 0 Å². The average Bonchev–Trinajstić information content (AvgIpc) is 2.63. The van der Waals surface area contributed by atoms with Gasteiger partial charge in [-0.05, 0) is 44.1 Å². The number of halogens is 1. The van der Waals surface area contributed by atoms with E-state index < -0.39 is 0 Å². The number of nitrogens with zero attached hydrogens (tertiary/aromatic N) is 4. The highest BCUT2D eigenvalue weighted by Gasteiger charge is 2.15. The van der Waals surface area contributed by atoms with Gasteiger partial charge in [0.2, 0.25) is 5.95 Å². The van der Waals surface area contributed by atoms with Crippen LogP contribution in [-0.4, -0.2) is 39.1 Å². The van der Waals surface area contributed by atoms with Crippen LogP contribution in [0, 0.1) is 0 Å². The van der Waals surface area contributed by atoms with Crippen LogP contribution in [0.5, 0.6) is 0 Å². The van der Waals surface area contributed by atoms with Gasteiger partial charge in [-0.2, -0.15) is 0 Å². The van der Waals surface area contributed by atoms with Crippen molar-refractivity contribution in [3.05, 3.63) is 41.3 Å². The summed E-state index contributed by atoms with van der Waals surface area (Å²) < 4.78 is 0.999. The molecule has 1 aliphatic rings. The minimum Gasteiger partial charge on any atom is -0.351 e. The SMILES string of the molecule is Brc1cccc(Nc2ncnc3cnc(NC4CCNCC4)nc23)c1. The van der Waals surface area contributed by atoms with E-state index in [0.717, 1.165) is 36.1 Å². The molecule has 2 aromatic heterocycles. The Bertz CT molecular complexity index is 880. The van der Waals surface area contributed by atoms with Gasteiger partial charge in [-0.25, -0.2) is 19.9 Å². The van der Waals surface area contributed by atoms with Crippen LogP contribution in [0.4, 0.5) is 17.5 Å². The summed E-state index contributed by atoms with van der Waals surface area (Å²) in [6.07, 6.45) is 5.39. The third kappa shape index (κ3) is 3.85. The third-order valence-electron chi connectivity index (χ3n) is 4.14. The molecule has 3 aromatic rings. The van der Waals surface area contributed by atoms with Crippen molar-refractivity contribution in [1.29, 1.82) is 0 Å². The lowest BCUT2D eigenvalue weighted by Crippen LogP contribution is -2.35. The van der Waals surface area contributed by atoms with Crippen molar-refractivity contribution >= 4 is 44.4 Å². The Labute approximate surface area is 153 Å². The van der Waals surface area contributed by atoms with Gasteiger partial charge in [0.1, 0.15) is 17.4 Å². The first-order valence-electron chi connectivity index (χ1n) is 8.25. The van der Waals surface area contributed by atoms with E-state index in [1.165, 1.54) is 6.33 Å². The smallest absolute Gasteiger partial charge is 0.223 e. The number of benzene rings is 1. The van der Waals surface area contributed by atoms with E-state index in [0.29, 0.717) is 28.8 Å². The Morgan fingerprint density at radius 3 is 2.84 bits per heavy atom. The minimum absolute atomic E-state index is 0.393. The molecule has 0 aliphatic carbocycles.